The molecule has 6 heteroatoms. The van der Waals surface area contributed by atoms with Gasteiger partial charge >= 0.3 is 12.1 Å². The lowest BCUT2D eigenvalue weighted by Crippen LogP contribution is -2.28. The van der Waals surface area contributed by atoms with Crippen LogP contribution in [0.2, 0.25) is 0 Å². The molecule has 0 heterocycles. The van der Waals surface area contributed by atoms with E-state index in [2.05, 4.69) is 4.74 Å². The first-order valence-electron chi connectivity index (χ1n) is 4.98. The Morgan fingerprint density at radius 1 is 1.28 bits per heavy atom. The van der Waals surface area contributed by atoms with Crippen molar-refractivity contribution >= 4 is 12.0 Å². The summed E-state index contributed by atoms with van der Waals surface area (Å²) in [5.74, 6) is -2.49. The number of alkyl halides is 3. The fraction of sp³-hybridized carbons (Fsp3) is 0.250. The number of allylic oxidation sites excluding steroid dienone is 1. The largest absolute Gasteiger partial charge is 0.493 e. The normalized spacial score (nSPS) is 11.6. The number of methoxy groups -OCH3 is 1. The van der Waals surface area contributed by atoms with Crippen LogP contribution in [0.1, 0.15) is 12.5 Å². The zero-order valence-corrected chi connectivity index (χ0v) is 9.75. The van der Waals surface area contributed by atoms with Gasteiger partial charge in [0.25, 0.3) is 0 Å². The molecule has 3 nitrogen and oxygen atoms in total. The summed E-state index contributed by atoms with van der Waals surface area (Å²) in [6.07, 6.45) is -1.54. The maximum absolute atomic E-state index is 12.0. The van der Waals surface area contributed by atoms with Crippen molar-refractivity contribution in [1.29, 1.82) is 0 Å². The second kappa shape index (κ2) is 5.57. The molecular weight excluding hydrogens is 249 g/mol. The van der Waals surface area contributed by atoms with E-state index < -0.39 is 12.1 Å². The quantitative estimate of drug-likeness (QED) is 0.618. The molecule has 0 amide bonds. The Bertz CT molecular complexity index is 464. The minimum atomic E-state index is -5.03. The third kappa shape index (κ3) is 3.51. The maximum Gasteiger partial charge on any atom is 0.491 e. The zero-order valence-electron chi connectivity index (χ0n) is 9.75. The Morgan fingerprint density at radius 3 is 2.44 bits per heavy atom. The van der Waals surface area contributed by atoms with Gasteiger partial charge in [0.1, 0.15) is 0 Å². The minimum Gasteiger partial charge on any atom is -0.493 e. The number of carbonyl (C=O) groups excluding carboxylic acids is 1. The molecule has 0 spiro atoms. The lowest BCUT2D eigenvalue weighted by Gasteiger charge is -2.11. The predicted molar refractivity (Wildman–Crippen MR) is 59.4 cm³/mol. The number of hydrogen-bond acceptors (Lipinski definition) is 3. The van der Waals surface area contributed by atoms with E-state index in [1.165, 1.54) is 25.3 Å². The lowest BCUT2D eigenvalue weighted by molar-refractivity contribution is -0.189. The number of esters is 1. The van der Waals surface area contributed by atoms with Crippen molar-refractivity contribution in [2.45, 2.75) is 13.1 Å². The molecule has 1 aromatic carbocycles. The van der Waals surface area contributed by atoms with E-state index in [1.54, 1.807) is 19.1 Å². The van der Waals surface area contributed by atoms with Crippen LogP contribution in [0.4, 0.5) is 13.2 Å². The van der Waals surface area contributed by atoms with Crippen molar-refractivity contribution in [1.82, 2.24) is 0 Å². The molecule has 0 fully saturated rings. The van der Waals surface area contributed by atoms with Crippen molar-refractivity contribution in [3.05, 3.63) is 29.8 Å². The topological polar surface area (TPSA) is 35.5 Å². The molecule has 0 radical (unpaired) electrons. The van der Waals surface area contributed by atoms with Crippen LogP contribution >= 0.6 is 0 Å². The summed E-state index contributed by atoms with van der Waals surface area (Å²) in [4.78, 5) is 10.7. The van der Waals surface area contributed by atoms with Crippen LogP contribution in [0.15, 0.2) is 24.3 Å². The molecule has 98 valence electrons. The highest BCUT2D eigenvalue weighted by Crippen LogP contribution is 2.30. The van der Waals surface area contributed by atoms with E-state index >= 15 is 0 Å². The molecule has 0 aliphatic heterocycles. The van der Waals surface area contributed by atoms with E-state index in [-0.39, 0.29) is 11.5 Å². The number of hydrogen-bond donors (Lipinski definition) is 0. The number of benzene rings is 1. The Balaban J connectivity index is 3.00. The smallest absolute Gasteiger partial charge is 0.491 e. The highest BCUT2D eigenvalue weighted by molar-refractivity contribution is 5.79. The van der Waals surface area contributed by atoms with E-state index in [9.17, 15) is 18.0 Å². The Labute approximate surface area is 102 Å². The second-order valence-corrected chi connectivity index (χ2v) is 3.30. The molecule has 0 N–H and O–H groups in total. The van der Waals surface area contributed by atoms with Gasteiger partial charge in [-0.25, -0.2) is 4.79 Å². The number of carbonyl (C=O) groups is 1. The van der Waals surface area contributed by atoms with Gasteiger partial charge in [-0.1, -0.05) is 18.2 Å². The summed E-state index contributed by atoms with van der Waals surface area (Å²) in [7, 11) is 1.28. The van der Waals surface area contributed by atoms with Gasteiger partial charge in [-0.05, 0) is 24.6 Å². The molecule has 18 heavy (non-hydrogen) atoms. The number of ether oxygens (including phenoxy) is 2. The summed E-state index contributed by atoms with van der Waals surface area (Å²) < 4.78 is 45.2. The van der Waals surface area contributed by atoms with Crippen LogP contribution in [-0.4, -0.2) is 19.3 Å². The van der Waals surface area contributed by atoms with Gasteiger partial charge in [0.2, 0.25) is 0 Å². The molecule has 1 aromatic rings. The molecule has 0 aliphatic carbocycles. The van der Waals surface area contributed by atoms with Crippen molar-refractivity contribution in [2.75, 3.05) is 7.11 Å². The summed E-state index contributed by atoms with van der Waals surface area (Å²) in [5.41, 5.74) is 0.723. The Kier molecular flexibility index (Phi) is 4.36. The third-order valence-corrected chi connectivity index (χ3v) is 1.98. The van der Waals surface area contributed by atoms with Gasteiger partial charge in [0.15, 0.2) is 11.5 Å². The van der Waals surface area contributed by atoms with Crippen molar-refractivity contribution in [2.24, 2.45) is 0 Å². The summed E-state index contributed by atoms with van der Waals surface area (Å²) in [5, 5.41) is 0. The first-order valence-corrected chi connectivity index (χ1v) is 4.98. The van der Waals surface area contributed by atoms with Crippen molar-refractivity contribution < 1.29 is 27.4 Å². The highest BCUT2D eigenvalue weighted by Gasteiger charge is 2.41. The molecule has 0 saturated carbocycles. The van der Waals surface area contributed by atoms with Crippen LogP contribution in [0, 0.1) is 0 Å². The molecule has 1 rings (SSSR count). The molecule has 0 aromatic heterocycles. The first kappa shape index (κ1) is 14.1. The van der Waals surface area contributed by atoms with E-state index in [0.29, 0.717) is 0 Å². The average Bonchev–Trinajstić information content (AvgIpc) is 2.30. The standard InChI is InChI=1S/C12H11F3O3/c1-3-4-8-5-6-9(10(7-8)17-2)18-11(16)12(13,14)15/h3-7H,1-2H3/b4-3+. The van der Waals surface area contributed by atoms with Crippen LogP contribution < -0.4 is 9.47 Å². The van der Waals surface area contributed by atoms with Crippen molar-refractivity contribution in [3.8, 4) is 11.5 Å². The fourth-order valence-corrected chi connectivity index (χ4v) is 1.22. The van der Waals surface area contributed by atoms with Gasteiger partial charge in [-0.2, -0.15) is 13.2 Å². The summed E-state index contributed by atoms with van der Waals surface area (Å²) in [6.45, 7) is 1.80. The highest BCUT2D eigenvalue weighted by atomic mass is 19.4. The summed E-state index contributed by atoms with van der Waals surface area (Å²) >= 11 is 0. The average molecular weight is 260 g/mol. The van der Waals surface area contributed by atoms with Crippen LogP contribution in [0.3, 0.4) is 0 Å². The van der Waals surface area contributed by atoms with Crippen molar-refractivity contribution in [3.63, 3.8) is 0 Å². The second-order valence-electron chi connectivity index (χ2n) is 3.30. The van der Waals surface area contributed by atoms with E-state index in [4.69, 9.17) is 4.74 Å². The zero-order chi connectivity index (χ0) is 13.8. The molecule has 0 bridgehead atoms. The molecule has 0 aliphatic rings. The van der Waals surface area contributed by atoms with Gasteiger partial charge < -0.3 is 9.47 Å². The fourth-order valence-electron chi connectivity index (χ4n) is 1.22. The first-order chi connectivity index (χ1) is 8.38. The lowest BCUT2D eigenvalue weighted by atomic mass is 10.2. The van der Waals surface area contributed by atoms with Crippen LogP contribution in [0.25, 0.3) is 6.08 Å². The van der Waals surface area contributed by atoms with E-state index in [0.717, 1.165) is 5.56 Å². The van der Waals surface area contributed by atoms with Gasteiger partial charge in [-0.3, -0.25) is 0 Å². The monoisotopic (exact) mass is 260 g/mol. The molecule has 0 unspecified atom stereocenters. The Morgan fingerprint density at radius 2 is 1.94 bits per heavy atom. The minimum absolute atomic E-state index is 0.0585. The van der Waals surface area contributed by atoms with Crippen LogP contribution in [0.5, 0.6) is 11.5 Å². The van der Waals surface area contributed by atoms with Gasteiger partial charge in [0, 0.05) is 0 Å². The molecule has 0 saturated heterocycles. The third-order valence-electron chi connectivity index (χ3n) is 1.98. The maximum atomic E-state index is 12.0. The summed E-state index contributed by atoms with van der Waals surface area (Å²) in [6, 6.07) is 4.23. The molecule has 0 atom stereocenters. The molecular formula is C12H11F3O3. The van der Waals surface area contributed by atoms with Gasteiger partial charge in [-0.15, -0.1) is 0 Å². The number of rotatable bonds is 3. The number of halogens is 3. The predicted octanol–water partition coefficient (Wildman–Crippen LogP) is 3.20. The SMILES string of the molecule is C/C=C/c1ccc(OC(=O)C(F)(F)F)c(OC)c1. The van der Waals surface area contributed by atoms with Crippen LogP contribution in [-0.2, 0) is 4.79 Å². The Hall–Kier alpha value is -1.98. The van der Waals surface area contributed by atoms with E-state index in [1.807, 2.05) is 0 Å². The van der Waals surface area contributed by atoms with Gasteiger partial charge in [0.05, 0.1) is 7.11 Å².